The van der Waals surface area contributed by atoms with Crippen LogP contribution in [0, 0.1) is 5.82 Å². The molecule has 1 aromatic carbocycles. The van der Waals surface area contributed by atoms with E-state index in [1.165, 1.54) is 12.1 Å². The lowest BCUT2D eigenvalue weighted by atomic mass is 10.2. The summed E-state index contributed by atoms with van der Waals surface area (Å²) in [4.78, 5) is 16.0. The van der Waals surface area contributed by atoms with E-state index in [0.717, 1.165) is 5.56 Å². The van der Waals surface area contributed by atoms with Gasteiger partial charge in [0.05, 0.1) is 6.10 Å². The van der Waals surface area contributed by atoms with E-state index in [2.05, 4.69) is 15.6 Å². The summed E-state index contributed by atoms with van der Waals surface area (Å²) in [6.07, 6.45) is 1.55. The highest BCUT2D eigenvalue weighted by molar-refractivity contribution is 5.90. The molecule has 1 heterocycles. The highest BCUT2D eigenvalue weighted by Gasteiger charge is 2.09. The van der Waals surface area contributed by atoms with Gasteiger partial charge in [-0.05, 0) is 43.7 Å². The van der Waals surface area contributed by atoms with Crippen molar-refractivity contribution < 1.29 is 13.9 Å². The van der Waals surface area contributed by atoms with Gasteiger partial charge in [-0.25, -0.2) is 14.2 Å². The summed E-state index contributed by atoms with van der Waals surface area (Å²) < 4.78 is 18.3. The maximum absolute atomic E-state index is 12.8. The molecule has 0 bridgehead atoms. The topological polar surface area (TPSA) is 63.2 Å². The van der Waals surface area contributed by atoms with Crippen molar-refractivity contribution in [3.05, 3.63) is 54.0 Å². The summed E-state index contributed by atoms with van der Waals surface area (Å²) in [5, 5.41) is 5.38. The van der Waals surface area contributed by atoms with Crippen LogP contribution in [0.3, 0.4) is 0 Å². The maximum Gasteiger partial charge on any atom is 0.319 e. The number of rotatable bonds is 5. The molecule has 0 aliphatic heterocycles. The normalized spacial score (nSPS) is 10.4. The zero-order valence-corrected chi connectivity index (χ0v) is 12.5. The lowest BCUT2D eigenvalue weighted by Crippen LogP contribution is -2.28. The Kier molecular flexibility index (Phi) is 5.30. The molecule has 6 heteroatoms. The molecule has 0 atom stereocenters. The molecule has 0 saturated heterocycles. The van der Waals surface area contributed by atoms with Gasteiger partial charge in [0.15, 0.2) is 0 Å². The van der Waals surface area contributed by atoms with E-state index < -0.39 is 0 Å². The minimum atomic E-state index is -0.383. The summed E-state index contributed by atoms with van der Waals surface area (Å²) in [6.45, 7) is 4.06. The predicted octanol–water partition coefficient (Wildman–Crippen LogP) is 3.33. The van der Waals surface area contributed by atoms with Crippen molar-refractivity contribution in [1.82, 2.24) is 10.3 Å². The van der Waals surface area contributed by atoms with Crippen LogP contribution in [0.2, 0.25) is 0 Å². The molecule has 1 aromatic heterocycles. The van der Waals surface area contributed by atoms with Crippen LogP contribution in [0.4, 0.5) is 14.9 Å². The van der Waals surface area contributed by atoms with E-state index >= 15 is 0 Å². The standard InChI is InChI=1S/C16H18FN3O2/c1-11(2)22-15-14(4-3-9-18-15)20-16(21)19-10-12-5-7-13(17)8-6-12/h3-9,11H,10H2,1-2H3,(H2,19,20,21). The molecule has 0 spiro atoms. The van der Waals surface area contributed by atoms with E-state index in [1.54, 1.807) is 30.5 Å². The Morgan fingerprint density at radius 1 is 1.27 bits per heavy atom. The molecule has 2 aromatic rings. The van der Waals surface area contributed by atoms with Crippen LogP contribution in [-0.2, 0) is 6.54 Å². The zero-order chi connectivity index (χ0) is 15.9. The fourth-order valence-corrected chi connectivity index (χ4v) is 1.75. The average Bonchev–Trinajstić information content (AvgIpc) is 2.48. The fraction of sp³-hybridized carbons (Fsp3) is 0.250. The van der Waals surface area contributed by atoms with E-state index in [1.807, 2.05) is 13.8 Å². The number of carbonyl (C=O) groups is 1. The Labute approximate surface area is 128 Å². The van der Waals surface area contributed by atoms with Gasteiger partial charge >= 0.3 is 6.03 Å². The highest BCUT2D eigenvalue weighted by Crippen LogP contribution is 2.21. The Hall–Kier alpha value is -2.63. The van der Waals surface area contributed by atoms with Crippen molar-refractivity contribution in [1.29, 1.82) is 0 Å². The SMILES string of the molecule is CC(C)Oc1ncccc1NC(=O)NCc1ccc(F)cc1. The van der Waals surface area contributed by atoms with Crippen molar-refractivity contribution in [2.45, 2.75) is 26.5 Å². The first-order valence-corrected chi connectivity index (χ1v) is 6.95. The quantitative estimate of drug-likeness (QED) is 0.890. The van der Waals surface area contributed by atoms with Crippen LogP contribution < -0.4 is 15.4 Å². The summed E-state index contributed by atoms with van der Waals surface area (Å²) in [6, 6.07) is 8.98. The minimum absolute atomic E-state index is 0.0438. The summed E-state index contributed by atoms with van der Waals surface area (Å²) in [7, 11) is 0. The number of urea groups is 1. The van der Waals surface area contributed by atoms with Crippen molar-refractivity contribution >= 4 is 11.7 Å². The molecule has 2 N–H and O–H groups in total. The minimum Gasteiger partial charge on any atom is -0.473 e. The van der Waals surface area contributed by atoms with E-state index in [-0.39, 0.29) is 18.0 Å². The fourth-order valence-electron chi connectivity index (χ4n) is 1.75. The number of nitrogens with zero attached hydrogens (tertiary/aromatic N) is 1. The molecule has 0 saturated carbocycles. The summed E-state index contributed by atoms with van der Waals surface area (Å²) in [5.74, 6) is 0.0634. The Balaban J connectivity index is 1.93. The van der Waals surface area contributed by atoms with Crippen molar-refractivity contribution in [2.24, 2.45) is 0 Å². The van der Waals surface area contributed by atoms with Crippen LogP contribution in [0.1, 0.15) is 19.4 Å². The Bertz CT molecular complexity index is 630. The zero-order valence-electron chi connectivity index (χ0n) is 12.5. The number of anilines is 1. The molecule has 2 rings (SSSR count). The molecule has 0 radical (unpaired) electrons. The van der Waals surface area contributed by atoms with Gasteiger partial charge in [0.25, 0.3) is 0 Å². The molecule has 0 aliphatic rings. The number of benzene rings is 1. The first kappa shape index (κ1) is 15.8. The number of hydrogen-bond acceptors (Lipinski definition) is 3. The summed E-state index contributed by atoms with van der Waals surface area (Å²) >= 11 is 0. The molecule has 2 amide bonds. The van der Waals surface area contributed by atoms with Crippen LogP contribution in [0.15, 0.2) is 42.6 Å². The predicted molar refractivity (Wildman–Crippen MR) is 82.3 cm³/mol. The van der Waals surface area contributed by atoms with Gasteiger partial charge in [0.1, 0.15) is 11.5 Å². The lowest BCUT2D eigenvalue weighted by Gasteiger charge is -2.13. The number of pyridine rings is 1. The van der Waals surface area contributed by atoms with Crippen molar-refractivity contribution in [3.63, 3.8) is 0 Å². The third-order valence-electron chi connectivity index (χ3n) is 2.73. The van der Waals surface area contributed by atoms with Gasteiger partial charge in [-0.3, -0.25) is 0 Å². The van der Waals surface area contributed by atoms with Crippen LogP contribution >= 0.6 is 0 Å². The average molecular weight is 303 g/mol. The van der Waals surface area contributed by atoms with E-state index in [4.69, 9.17) is 4.74 Å². The second-order valence-electron chi connectivity index (χ2n) is 4.96. The lowest BCUT2D eigenvalue weighted by molar-refractivity contribution is 0.233. The van der Waals surface area contributed by atoms with Crippen LogP contribution in [0.5, 0.6) is 5.88 Å². The van der Waals surface area contributed by atoms with Crippen LogP contribution in [-0.4, -0.2) is 17.1 Å². The molecule has 22 heavy (non-hydrogen) atoms. The molecule has 0 unspecified atom stereocenters. The van der Waals surface area contributed by atoms with Gasteiger partial charge in [0, 0.05) is 12.7 Å². The second-order valence-corrected chi connectivity index (χ2v) is 4.96. The molecular weight excluding hydrogens is 285 g/mol. The van der Waals surface area contributed by atoms with Gasteiger partial charge in [-0.1, -0.05) is 12.1 Å². The Morgan fingerprint density at radius 3 is 2.68 bits per heavy atom. The number of hydrogen-bond donors (Lipinski definition) is 2. The monoisotopic (exact) mass is 303 g/mol. The molecule has 0 aliphatic carbocycles. The molecular formula is C16H18FN3O2. The first-order chi connectivity index (χ1) is 10.5. The summed E-state index contributed by atoms with van der Waals surface area (Å²) in [5.41, 5.74) is 1.30. The number of nitrogens with one attached hydrogen (secondary N) is 2. The van der Waals surface area contributed by atoms with E-state index in [9.17, 15) is 9.18 Å². The first-order valence-electron chi connectivity index (χ1n) is 6.95. The highest BCUT2D eigenvalue weighted by atomic mass is 19.1. The van der Waals surface area contributed by atoms with Crippen LogP contribution in [0.25, 0.3) is 0 Å². The van der Waals surface area contributed by atoms with Gasteiger partial charge in [-0.15, -0.1) is 0 Å². The third-order valence-corrected chi connectivity index (χ3v) is 2.73. The van der Waals surface area contributed by atoms with Gasteiger partial charge in [-0.2, -0.15) is 0 Å². The van der Waals surface area contributed by atoms with Gasteiger partial charge in [0.2, 0.25) is 5.88 Å². The number of carbonyl (C=O) groups excluding carboxylic acids is 1. The van der Waals surface area contributed by atoms with Crippen molar-refractivity contribution in [2.75, 3.05) is 5.32 Å². The number of aromatic nitrogens is 1. The number of halogens is 1. The van der Waals surface area contributed by atoms with Gasteiger partial charge < -0.3 is 15.4 Å². The molecule has 5 nitrogen and oxygen atoms in total. The van der Waals surface area contributed by atoms with Crippen molar-refractivity contribution in [3.8, 4) is 5.88 Å². The van der Waals surface area contributed by atoms with E-state index in [0.29, 0.717) is 18.1 Å². The third kappa shape index (κ3) is 4.73. The largest absolute Gasteiger partial charge is 0.473 e. The Morgan fingerprint density at radius 2 is 2.00 bits per heavy atom. The second kappa shape index (κ2) is 7.40. The smallest absolute Gasteiger partial charge is 0.319 e. The molecule has 0 fully saturated rings. The molecule has 116 valence electrons. The number of amides is 2. The maximum atomic E-state index is 12.8. The number of ether oxygens (including phenoxy) is 1.